The number of phosphoric ester groups is 2. The average Bonchev–Trinajstić information content (AvgIpc) is 0.901. The highest BCUT2D eigenvalue weighted by Gasteiger charge is 2.30. The van der Waals surface area contributed by atoms with Gasteiger partial charge < -0.3 is 33.8 Å². The van der Waals surface area contributed by atoms with E-state index in [0.29, 0.717) is 25.7 Å². The summed E-state index contributed by atoms with van der Waals surface area (Å²) < 4.78 is 68.9. The summed E-state index contributed by atoms with van der Waals surface area (Å²) in [5.74, 6) is -1.28. The molecule has 0 heterocycles. The number of unbranched alkanes of at least 4 members (excludes halogenated alkanes) is 53. The van der Waals surface area contributed by atoms with Crippen molar-refractivity contribution in [2.75, 3.05) is 39.6 Å². The number of esters is 4. The Balaban J connectivity index is 5.28. The second-order valence-electron chi connectivity index (χ2n) is 30.8. The van der Waals surface area contributed by atoms with E-state index in [4.69, 9.17) is 37.0 Å². The minimum atomic E-state index is -4.97. The molecule has 0 rings (SSSR count). The van der Waals surface area contributed by atoms with Crippen LogP contribution in [0.3, 0.4) is 0 Å². The van der Waals surface area contributed by atoms with Gasteiger partial charge in [-0.2, -0.15) is 0 Å². The molecule has 0 aliphatic carbocycles. The van der Waals surface area contributed by atoms with E-state index in [1.165, 1.54) is 257 Å². The highest BCUT2D eigenvalue weighted by atomic mass is 31.2. The number of aliphatic hydroxyl groups is 1. The second-order valence-corrected chi connectivity index (χ2v) is 33.7. The van der Waals surface area contributed by atoms with Gasteiger partial charge in [0.2, 0.25) is 0 Å². The predicted molar refractivity (Wildman–Crippen MR) is 437 cm³/mol. The molecule has 3 N–H and O–H groups in total. The minimum Gasteiger partial charge on any atom is -0.462 e. The van der Waals surface area contributed by atoms with Gasteiger partial charge in [-0.1, -0.05) is 393 Å². The van der Waals surface area contributed by atoms with E-state index in [-0.39, 0.29) is 25.7 Å². The van der Waals surface area contributed by atoms with E-state index in [1.54, 1.807) is 0 Å². The van der Waals surface area contributed by atoms with Crippen molar-refractivity contribution in [3.63, 3.8) is 0 Å². The predicted octanol–water partition coefficient (Wildman–Crippen LogP) is 26.3. The number of aliphatic hydroxyl groups excluding tert-OH is 1. The van der Waals surface area contributed by atoms with E-state index < -0.39 is 97.5 Å². The molecule has 0 spiro atoms. The first-order valence-electron chi connectivity index (χ1n) is 44.5. The molecule has 0 aromatic heterocycles. The summed E-state index contributed by atoms with van der Waals surface area (Å²) in [6, 6.07) is 0. The smallest absolute Gasteiger partial charge is 0.462 e. The van der Waals surface area contributed by atoms with Gasteiger partial charge in [0, 0.05) is 25.7 Å². The SMILES string of the molecule is CCCCCC/C=C\C=C/CCCCCCCC(=O)O[C@H](COC(=O)CCCCCCCCCCCCCC)COP(=O)(O)OC[C@H](O)COP(=O)(O)OC[C@@H](COC(=O)CCCCCCCCCCCCCCCCC(C)CC)OC(=O)CCCCCCCCCCCCCCCCCCCCCCC. The number of hydrogen-bond donors (Lipinski definition) is 3. The molecule has 0 fully saturated rings. The standard InChI is InChI=1S/C87H166O17P2/c1-6-10-13-16-19-22-25-28-30-31-32-33-34-35-37-43-48-53-58-63-68-73-87(92)104-83(77-98-85(90)71-66-61-56-51-46-41-39-38-40-44-49-54-59-64-69-80(5)9-4)79-102-106(95,96)100-75-81(88)74-99-105(93,94)101-78-82(76-97-84(89)70-65-60-55-50-45-27-24-21-18-15-12-8-3)103-86(91)72-67-62-57-52-47-42-36-29-26-23-20-17-14-11-7-2/h23,26,29,36,80-83,88H,6-22,24-25,27-28,30-35,37-79H2,1-5H3,(H,93,94)(H,95,96)/b26-23-,36-29-/t80?,81-,82+,83+/m0/s1. The van der Waals surface area contributed by atoms with E-state index in [2.05, 4.69) is 58.9 Å². The summed E-state index contributed by atoms with van der Waals surface area (Å²) in [5, 5.41) is 10.7. The molecule has 0 aromatic rings. The number of rotatable bonds is 85. The molecule has 3 unspecified atom stereocenters. The van der Waals surface area contributed by atoms with Crippen LogP contribution in [-0.4, -0.2) is 96.7 Å². The summed E-state index contributed by atoms with van der Waals surface area (Å²) in [4.78, 5) is 73.2. The van der Waals surface area contributed by atoms with Crippen LogP contribution < -0.4 is 0 Å². The zero-order chi connectivity index (χ0) is 77.6. The van der Waals surface area contributed by atoms with Crippen LogP contribution in [0.5, 0.6) is 0 Å². The van der Waals surface area contributed by atoms with Crippen LogP contribution in [0.25, 0.3) is 0 Å². The third-order valence-electron chi connectivity index (χ3n) is 20.3. The molecule has 17 nitrogen and oxygen atoms in total. The quantitative estimate of drug-likeness (QED) is 0.0169. The maximum atomic E-state index is 13.2. The highest BCUT2D eigenvalue weighted by molar-refractivity contribution is 7.47. The Morgan fingerprint density at radius 1 is 0.302 bits per heavy atom. The molecule has 0 saturated heterocycles. The van der Waals surface area contributed by atoms with Crippen molar-refractivity contribution in [2.24, 2.45) is 5.92 Å². The summed E-state index contributed by atoms with van der Waals surface area (Å²) in [5.41, 5.74) is 0. The Kier molecular flexibility index (Phi) is 77.4. The lowest BCUT2D eigenvalue weighted by Crippen LogP contribution is -2.30. The molecular weight excluding hydrogens is 1380 g/mol. The van der Waals surface area contributed by atoms with Crippen LogP contribution in [0.4, 0.5) is 0 Å². The van der Waals surface area contributed by atoms with Crippen LogP contribution in [-0.2, 0) is 65.4 Å². The molecule has 0 aliphatic heterocycles. The monoisotopic (exact) mass is 1550 g/mol. The van der Waals surface area contributed by atoms with Gasteiger partial charge in [-0.3, -0.25) is 37.3 Å². The molecule has 0 bridgehead atoms. The van der Waals surface area contributed by atoms with Crippen LogP contribution in [0.15, 0.2) is 24.3 Å². The second kappa shape index (κ2) is 79.2. The Bertz CT molecular complexity index is 2110. The Morgan fingerprint density at radius 2 is 0.528 bits per heavy atom. The lowest BCUT2D eigenvalue weighted by atomic mass is 9.99. The zero-order valence-corrected chi connectivity index (χ0v) is 70.9. The van der Waals surface area contributed by atoms with E-state index in [9.17, 15) is 43.2 Å². The van der Waals surface area contributed by atoms with Crippen molar-refractivity contribution < 1.29 is 80.2 Å². The number of hydrogen-bond acceptors (Lipinski definition) is 15. The summed E-state index contributed by atoms with van der Waals surface area (Å²) in [6.07, 6.45) is 75.7. The lowest BCUT2D eigenvalue weighted by molar-refractivity contribution is -0.161. The summed E-state index contributed by atoms with van der Waals surface area (Å²) >= 11 is 0. The molecule has 0 amide bonds. The number of ether oxygens (including phenoxy) is 4. The van der Waals surface area contributed by atoms with Crippen molar-refractivity contribution in [3.05, 3.63) is 24.3 Å². The third-order valence-corrected chi connectivity index (χ3v) is 22.2. The van der Waals surface area contributed by atoms with Gasteiger partial charge in [-0.05, 0) is 57.3 Å². The van der Waals surface area contributed by atoms with Gasteiger partial charge in [0.25, 0.3) is 0 Å². The van der Waals surface area contributed by atoms with Crippen molar-refractivity contribution >= 4 is 39.5 Å². The largest absolute Gasteiger partial charge is 0.472 e. The number of carbonyl (C=O) groups is 4. The highest BCUT2D eigenvalue weighted by Crippen LogP contribution is 2.45. The molecule has 6 atom stereocenters. The van der Waals surface area contributed by atoms with Gasteiger partial charge in [0.1, 0.15) is 19.3 Å². The van der Waals surface area contributed by atoms with Crippen LogP contribution >= 0.6 is 15.6 Å². The summed E-state index contributed by atoms with van der Waals surface area (Å²) in [6.45, 7) is 7.36. The van der Waals surface area contributed by atoms with Crippen molar-refractivity contribution in [2.45, 2.75) is 464 Å². The molecule has 0 aromatic carbocycles. The van der Waals surface area contributed by atoms with E-state index >= 15 is 0 Å². The molecular formula is C87H166O17P2. The zero-order valence-electron chi connectivity index (χ0n) is 69.1. The normalized spacial score (nSPS) is 14.2. The first-order chi connectivity index (χ1) is 51.6. The Morgan fingerprint density at radius 3 is 0.802 bits per heavy atom. The van der Waals surface area contributed by atoms with Gasteiger partial charge in [-0.25, -0.2) is 9.13 Å². The molecule has 626 valence electrons. The molecule has 0 radical (unpaired) electrons. The fourth-order valence-corrected chi connectivity index (χ4v) is 14.7. The maximum absolute atomic E-state index is 13.2. The van der Waals surface area contributed by atoms with Crippen LogP contribution in [0, 0.1) is 5.92 Å². The fourth-order valence-electron chi connectivity index (χ4n) is 13.1. The first kappa shape index (κ1) is 104. The fraction of sp³-hybridized carbons (Fsp3) is 0.908. The molecule has 106 heavy (non-hydrogen) atoms. The minimum absolute atomic E-state index is 0.0858. The van der Waals surface area contributed by atoms with Crippen molar-refractivity contribution in [1.29, 1.82) is 0 Å². The lowest BCUT2D eigenvalue weighted by Gasteiger charge is -2.21. The topological polar surface area (TPSA) is 237 Å². The molecule has 19 heteroatoms. The van der Waals surface area contributed by atoms with Gasteiger partial charge in [-0.15, -0.1) is 0 Å². The summed E-state index contributed by atoms with van der Waals surface area (Å²) in [7, 11) is -9.94. The van der Waals surface area contributed by atoms with Crippen LogP contribution in [0.1, 0.15) is 446 Å². The third kappa shape index (κ3) is 78.2. The number of phosphoric acid groups is 2. The van der Waals surface area contributed by atoms with E-state index in [1.807, 2.05) is 0 Å². The Labute approximate surface area is 650 Å². The van der Waals surface area contributed by atoms with Gasteiger partial charge >= 0.3 is 39.5 Å². The maximum Gasteiger partial charge on any atom is 0.472 e. The molecule has 0 saturated carbocycles. The van der Waals surface area contributed by atoms with Crippen LogP contribution in [0.2, 0.25) is 0 Å². The van der Waals surface area contributed by atoms with Gasteiger partial charge in [0.05, 0.1) is 26.4 Å². The van der Waals surface area contributed by atoms with Gasteiger partial charge in [0.15, 0.2) is 12.2 Å². The first-order valence-corrected chi connectivity index (χ1v) is 47.5. The van der Waals surface area contributed by atoms with E-state index in [0.717, 1.165) is 109 Å². The van der Waals surface area contributed by atoms with Crippen molar-refractivity contribution in [1.82, 2.24) is 0 Å². The average molecular weight is 1550 g/mol. The molecule has 0 aliphatic rings. The Hall–Kier alpha value is -2.46. The number of allylic oxidation sites excluding steroid dienone is 4. The number of carbonyl (C=O) groups excluding carboxylic acids is 4. The van der Waals surface area contributed by atoms with Crippen molar-refractivity contribution in [3.8, 4) is 0 Å².